The number of hydrogen-bond donors (Lipinski definition) is 3. The highest BCUT2D eigenvalue weighted by Crippen LogP contribution is 2.42. The van der Waals surface area contributed by atoms with Gasteiger partial charge in [0.05, 0.1) is 31.0 Å². The molecular weight excluding hydrogens is 791 g/mol. The first-order valence-corrected chi connectivity index (χ1v) is 19.1. The van der Waals surface area contributed by atoms with Gasteiger partial charge in [-0.1, -0.05) is 56.3 Å². The van der Waals surface area contributed by atoms with Gasteiger partial charge in [-0.3, -0.25) is 20.1 Å². The molecule has 0 spiro atoms. The zero-order valence-corrected chi connectivity index (χ0v) is 32.5. The van der Waals surface area contributed by atoms with E-state index in [1.54, 1.807) is 72.8 Å². The first-order valence-electron chi connectivity index (χ1n) is 17.6. The summed E-state index contributed by atoms with van der Waals surface area (Å²) in [5.74, 6) is -0.248. The number of rotatable bonds is 18. The molecule has 21 heteroatoms. The largest absolute Gasteiger partial charge is 0.508 e. The van der Waals surface area contributed by atoms with Crippen LogP contribution in [0.4, 0.5) is 10.6 Å². The van der Waals surface area contributed by atoms with Crippen molar-refractivity contribution in [1.29, 1.82) is 0 Å². The Labute approximate surface area is 337 Å². The fourth-order valence-corrected chi connectivity index (χ4v) is 6.04. The Morgan fingerprint density at radius 2 is 1.61 bits per heavy atom. The second kappa shape index (κ2) is 19.5. The van der Waals surface area contributed by atoms with E-state index in [0.717, 1.165) is 5.56 Å². The van der Waals surface area contributed by atoms with E-state index in [4.69, 9.17) is 34.1 Å². The number of nitrogens with zero attached hydrogens (tertiary/aromatic N) is 8. The molecule has 59 heavy (non-hydrogen) atoms. The highest BCUT2D eigenvalue weighted by Gasteiger charge is 2.27. The monoisotopic (exact) mass is 827 g/mol. The first kappa shape index (κ1) is 41.7. The molecule has 3 N–H and O–H groups in total. The lowest BCUT2D eigenvalue weighted by Gasteiger charge is -2.18. The summed E-state index contributed by atoms with van der Waals surface area (Å²) in [5, 5.41) is 28.1. The SMILES string of the molecule is COc1ccccc1Oc1c(NS(=O)(=O)c2ccc(C(C)C)cn2)nc(-c2ccnc(-c3ccnnn3)c2)nc1OCCOC(=O)OCc1ccc(CON(O)O)cc1. The van der Waals surface area contributed by atoms with Crippen molar-refractivity contribution in [1.82, 2.24) is 40.7 Å². The Kier molecular flexibility index (Phi) is 13.8. The standard InChI is InChI=1S/C38H37N9O11S/c1-24(2)28-12-13-33(40-21-28)59(51,52)45-36-34(58-32-7-5-4-6-31(32)53-3)37(43-35(42-36)27-14-16-39-30(20-27)29-15-17-41-46-44-29)54-18-19-55-38(48)56-22-25-8-10-26(11-9-25)23-57-47(49)50/h4-17,20-21,24,49-50H,18-19,22-23H2,1-3H3,(H,42,43,45). The number of carbonyl (C=O) groups is 1. The van der Waals surface area contributed by atoms with Crippen LogP contribution in [0, 0.1) is 0 Å². The van der Waals surface area contributed by atoms with Crippen molar-refractivity contribution in [2.45, 2.75) is 38.0 Å². The maximum atomic E-state index is 13.9. The summed E-state index contributed by atoms with van der Waals surface area (Å²) in [7, 11) is -2.96. The molecule has 4 aromatic heterocycles. The average Bonchev–Trinajstić information content (AvgIpc) is 3.25. The first-order chi connectivity index (χ1) is 28.5. The number of ether oxygens (including phenoxy) is 5. The van der Waals surface area contributed by atoms with Gasteiger partial charge in [0.1, 0.15) is 25.5 Å². The van der Waals surface area contributed by atoms with E-state index in [-0.39, 0.29) is 66.4 Å². The van der Waals surface area contributed by atoms with Gasteiger partial charge < -0.3 is 23.7 Å². The van der Waals surface area contributed by atoms with Crippen molar-refractivity contribution < 1.29 is 52.1 Å². The molecule has 6 rings (SSSR count). The molecule has 0 unspecified atom stereocenters. The van der Waals surface area contributed by atoms with Gasteiger partial charge in [0.2, 0.25) is 5.75 Å². The normalized spacial score (nSPS) is 11.3. The molecule has 0 bridgehead atoms. The summed E-state index contributed by atoms with van der Waals surface area (Å²) in [6.07, 6.45) is 3.42. The van der Waals surface area contributed by atoms with Crippen molar-refractivity contribution in [3.63, 3.8) is 0 Å². The fraction of sp³-hybridized carbons (Fsp3) is 0.211. The van der Waals surface area contributed by atoms with Gasteiger partial charge in [-0.2, -0.15) is 13.4 Å². The summed E-state index contributed by atoms with van der Waals surface area (Å²) >= 11 is 0. The highest BCUT2D eigenvalue weighted by molar-refractivity contribution is 7.92. The Bertz CT molecular complexity index is 2450. The van der Waals surface area contributed by atoms with E-state index in [2.05, 4.69) is 44.9 Å². The van der Waals surface area contributed by atoms with Crippen molar-refractivity contribution in [3.05, 3.63) is 114 Å². The maximum Gasteiger partial charge on any atom is 0.508 e. The predicted octanol–water partition coefficient (Wildman–Crippen LogP) is 5.75. The molecule has 6 aromatic rings. The minimum Gasteiger partial charge on any atom is -0.493 e. The van der Waals surface area contributed by atoms with E-state index >= 15 is 0 Å². The van der Waals surface area contributed by atoms with Crippen LogP contribution >= 0.6 is 0 Å². The summed E-state index contributed by atoms with van der Waals surface area (Å²) in [5.41, 5.74) is 3.26. The Balaban J connectivity index is 1.30. The highest BCUT2D eigenvalue weighted by atomic mass is 32.2. The van der Waals surface area contributed by atoms with Gasteiger partial charge >= 0.3 is 6.16 Å². The number of hydrogen-bond acceptors (Lipinski definition) is 19. The predicted molar refractivity (Wildman–Crippen MR) is 205 cm³/mol. The molecule has 0 amide bonds. The number of para-hydroxylation sites is 2. The molecular formula is C38H37N9O11S. The molecule has 4 heterocycles. The van der Waals surface area contributed by atoms with Crippen LogP contribution in [0.5, 0.6) is 23.1 Å². The topological polar surface area (TPSA) is 253 Å². The third-order valence-corrected chi connectivity index (χ3v) is 9.35. The number of carbonyl (C=O) groups excluding carboxylic acids is 1. The third-order valence-electron chi connectivity index (χ3n) is 8.10. The van der Waals surface area contributed by atoms with Gasteiger partial charge in [0, 0.05) is 18.0 Å². The average molecular weight is 828 g/mol. The lowest BCUT2D eigenvalue weighted by molar-refractivity contribution is -0.497. The second-order valence-corrected chi connectivity index (χ2v) is 14.1. The molecule has 306 valence electrons. The van der Waals surface area contributed by atoms with Gasteiger partial charge in [0.25, 0.3) is 15.9 Å². The van der Waals surface area contributed by atoms with Crippen LogP contribution in [0.25, 0.3) is 22.8 Å². The van der Waals surface area contributed by atoms with Crippen molar-refractivity contribution in [2.24, 2.45) is 0 Å². The summed E-state index contributed by atoms with van der Waals surface area (Å²) in [6, 6.07) is 21.1. The van der Waals surface area contributed by atoms with Crippen LogP contribution in [0.2, 0.25) is 0 Å². The van der Waals surface area contributed by atoms with Crippen molar-refractivity contribution in [2.75, 3.05) is 25.0 Å². The molecule has 0 aliphatic heterocycles. The molecule has 0 aliphatic carbocycles. The third kappa shape index (κ3) is 11.4. The van der Waals surface area contributed by atoms with E-state index in [0.29, 0.717) is 33.8 Å². The van der Waals surface area contributed by atoms with Crippen LogP contribution in [0.3, 0.4) is 0 Å². The molecule has 0 saturated heterocycles. The van der Waals surface area contributed by atoms with Crippen LogP contribution in [-0.2, 0) is 37.5 Å². The zero-order valence-electron chi connectivity index (χ0n) is 31.7. The number of pyridine rings is 2. The molecule has 20 nitrogen and oxygen atoms in total. The Hall–Kier alpha value is -6.91. The number of methoxy groups -OCH3 is 1. The molecule has 0 atom stereocenters. The second-order valence-electron chi connectivity index (χ2n) is 12.5. The number of anilines is 1. The molecule has 0 saturated carbocycles. The van der Waals surface area contributed by atoms with Crippen LogP contribution in [0.15, 0.2) is 102 Å². The van der Waals surface area contributed by atoms with Crippen molar-refractivity contribution in [3.8, 4) is 45.9 Å². The maximum absolute atomic E-state index is 13.9. The van der Waals surface area contributed by atoms with Gasteiger partial charge in [-0.15, -0.1) is 10.2 Å². The zero-order chi connectivity index (χ0) is 41.8. The smallest absolute Gasteiger partial charge is 0.493 e. The molecule has 0 aliphatic rings. The van der Waals surface area contributed by atoms with E-state index < -0.39 is 21.6 Å². The van der Waals surface area contributed by atoms with Gasteiger partial charge in [-0.05, 0) is 64.2 Å². The van der Waals surface area contributed by atoms with E-state index in [1.807, 2.05) is 13.8 Å². The minimum atomic E-state index is -4.40. The lowest BCUT2D eigenvalue weighted by Crippen LogP contribution is -2.18. The van der Waals surface area contributed by atoms with Crippen LogP contribution in [-0.4, -0.2) is 86.0 Å². The molecule has 0 radical (unpaired) electrons. The summed E-state index contributed by atoms with van der Waals surface area (Å²) < 4.78 is 58.5. The number of aromatic nitrogens is 7. The summed E-state index contributed by atoms with van der Waals surface area (Å²) in [4.78, 5) is 34.8. The summed E-state index contributed by atoms with van der Waals surface area (Å²) in [6.45, 7) is 3.07. The van der Waals surface area contributed by atoms with E-state index in [1.165, 1.54) is 31.8 Å². The lowest BCUT2D eigenvalue weighted by atomic mass is 10.1. The quantitative estimate of drug-likeness (QED) is 0.0529. The number of nitrogens with one attached hydrogen (secondary N) is 1. The van der Waals surface area contributed by atoms with E-state index in [9.17, 15) is 13.2 Å². The van der Waals surface area contributed by atoms with Crippen LogP contribution in [0.1, 0.15) is 36.5 Å². The van der Waals surface area contributed by atoms with Crippen molar-refractivity contribution >= 4 is 22.0 Å². The Morgan fingerprint density at radius 1 is 0.847 bits per heavy atom. The minimum absolute atomic E-state index is 0.0122. The van der Waals surface area contributed by atoms with Gasteiger partial charge in [-0.25, -0.2) is 19.6 Å². The number of benzene rings is 2. The fourth-order valence-electron chi connectivity index (χ4n) is 5.10. The van der Waals surface area contributed by atoms with Crippen LogP contribution < -0.4 is 18.9 Å². The Morgan fingerprint density at radius 3 is 2.29 bits per heavy atom. The molecule has 0 fully saturated rings. The van der Waals surface area contributed by atoms with Gasteiger partial charge in [0.15, 0.2) is 28.2 Å². The number of sulfonamides is 1. The molecule has 2 aromatic carbocycles.